The Morgan fingerprint density at radius 3 is 2.73 bits per heavy atom. The van der Waals surface area contributed by atoms with Gasteiger partial charge in [0.15, 0.2) is 5.96 Å². The van der Waals surface area contributed by atoms with Crippen LogP contribution in [0.25, 0.3) is 0 Å². The van der Waals surface area contributed by atoms with Crippen molar-refractivity contribution in [1.82, 2.24) is 4.90 Å². The number of rotatable bonds is 5. The molecule has 1 heterocycles. The molecule has 0 atom stereocenters. The highest BCUT2D eigenvalue weighted by Crippen LogP contribution is 2.24. The first-order valence-electron chi connectivity index (χ1n) is 7.58. The number of nitrogens with zero attached hydrogens (tertiary/aromatic N) is 2. The zero-order chi connectivity index (χ0) is 15.1. The van der Waals surface area contributed by atoms with E-state index in [0.29, 0.717) is 5.96 Å². The number of hydrogen-bond acceptors (Lipinski definition) is 2. The fourth-order valence-electron chi connectivity index (χ4n) is 2.61. The second kappa shape index (κ2) is 10.3. The highest BCUT2D eigenvalue weighted by Gasteiger charge is 2.11. The van der Waals surface area contributed by atoms with Gasteiger partial charge in [-0.15, -0.1) is 24.0 Å². The van der Waals surface area contributed by atoms with Gasteiger partial charge in [0, 0.05) is 24.1 Å². The van der Waals surface area contributed by atoms with Gasteiger partial charge >= 0.3 is 0 Å². The van der Waals surface area contributed by atoms with Crippen molar-refractivity contribution < 1.29 is 4.74 Å². The Morgan fingerprint density at radius 2 is 2.05 bits per heavy atom. The lowest BCUT2D eigenvalue weighted by molar-refractivity contribution is 0.338. The Bertz CT molecular complexity index is 490. The van der Waals surface area contributed by atoms with Gasteiger partial charge < -0.3 is 15.4 Å². The fourth-order valence-corrected chi connectivity index (χ4v) is 2.95. The van der Waals surface area contributed by atoms with Crippen molar-refractivity contribution in [1.29, 1.82) is 0 Å². The van der Waals surface area contributed by atoms with Gasteiger partial charge in [0.05, 0.1) is 7.11 Å². The number of aryl methyl sites for hydroxylation is 1. The van der Waals surface area contributed by atoms with E-state index in [4.69, 9.17) is 10.5 Å². The number of piperidine rings is 1. The molecule has 124 valence electrons. The van der Waals surface area contributed by atoms with E-state index in [0.717, 1.165) is 42.7 Å². The number of ether oxygens (including phenoxy) is 1. The van der Waals surface area contributed by atoms with Crippen LogP contribution in [0.1, 0.15) is 31.2 Å². The summed E-state index contributed by atoms with van der Waals surface area (Å²) in [7, 11) is 1.71. The van der Waals surface area contributed by atoms with E-state index in [9.17, 15) is 0 Å². The first kappa shape index (κ1) is 19.5. The van der Waals surface area contributed by atoms with Crippen molar-refractivity contribution >= 4 is 45.9 Å². The molecule has 2 N–H and O–H groups in total. The molecule has 1 aliphatic heterocycles. The molecule has 1 fully saturated rings. The monoisotopic (exact) mass is 481 g/mol. The average Bonchev–Trinajstić information content (AvgIpc) is 2.53. The van der Waals surface area contributed by atoms with Crippen LogP contribution in [0.3, 0.4) is 0 Å². The minimum atomic E-state index is 0. The summed E-state index contributed by atoms with van der Waals surface area (Å²) in [6.45, 7) is 2.87. The fraction of sp³-hybridized carbons (Fsp3) is 0.562. The summed E-state index contributed by atoms with van der Waals surface area (Å²) in [4.78, 5) is 6.70. The van der Waals surface area contributed by atoms with E-state index < -0.39 is 0 Å². The van der Waals surface area contributed by atoms with Crippen LogP contribution < -0.4 is 10.5 Å². The number of benzene rings is 1. The van der Waals surface area contributed by atoms with Crippen molar-refractivity contribution in [3.63, 3.8) is 0 Å². The zero-order valence-electron chi connectivity index (χ0n) is 13.1. The Labute approximate surface area is 158 Å². The summed E-state index contributed by atoms with van der Waals surface area (Å²) in [6.07, 6.45) is 5.70. The highest BCUT2D eigenvalue weighted by molar-refractivity contribution is 14.0. The van der Waals surface area contributed by atoms with E-state index in [1.54, 1.807) is 7.11 Å². The van der Waals surface area contributed by atoms with Crippen LogP contribution in [0.15, 0.2) is 27.7 Å². The maximum Gasteiger partial charge on any atom is 0.191 e. The van der Waals surface area contributed by atoms with Crippen LogP contribution in [0.2, 0.25) is 0 Å². The molecule has 0 aromatic heterocycles. The van der Waals surface area contributed by atoms with Gasteiger partial charge in [-0.2, -0.15) is 0 Å². The van der Waals surface area contributed by atoms with Gasteiger partial charge in [-0.05, 0) is 49.8 Å². The summed E-state index contributed by atoms with van der Waals surface area (Å²) in [5, 5.41) is 0. The molecule has 0 saturated carbocycles. The van der Waals surface area contributed by atoms with Crippen molar-refractivity contribution in [3.05, 3.63) is 28.2 Å². The van der Waals surface area contributed by atoms with Crippen molar-refractivity contribution in [3.8, 4) is 5.75 Å². The minimum Gasteiger partial charge on any atom is -0.496 e. The van der Waals surface area contributed by atoms with E-state index >= 15 is 0 Å². The number of nitrogens with two attached hydrogens (primary N) is 1. The maximum atomic E-state index is 6.05. The van der Waals surface area contributed by atoms with Gasteiger partial charge in [-0.25, -0.2) is 0 Å². The van der Waals surface area contributed by atoms with Crippen LogP contribution in [0, 0.1) is 0 Å². The summed E-state index contributed by atoms with van der Waals surface area (Å²) < 4.78 is 6.44. The van der Waals surface area contributed by atoms with Crippen LogP contribution in [0.5, 0.6) is 5.75 Å². The zero-order valence-corrected chi connectivity index (χ0v) is 17.0. The molecule has 1 aliphatic rings. The standard InChI is InChI=1S/C16H24BrN3O.HI/c1-21-15-12-14(17)8-7-13(15)6-5-9-19-16(18)20-10-3-2-4-11-20;/h7-8,12H,2-6,9-11H2,1H3,(H2,18,19);1H. The van der Waals surface area contributed by atoms with Gasteiger partial charge in [0.1, 0.15) is 5.75 Å². The number of likely N-dealkylation sites (tertiary alicyclic amines) is 1. The predicted molar refractivity (Wildman–Crippen MR) is 106 cm³/mol. The normalized spacial score (nSPS) is 15.4. The average molecular weight is 482 g/mol. The lowest BCUT2D eigenvalue weighted by Gasteiger charge is -2.27. The molecule has 4 nitrogen and oxygen atoms in total. The smallest absolute Gasteiger partial charge is 0.191 e. The number of methoxy groups -OCH3 is 1. The van der Waals surface area contributed by atoms with Crippen LogP contribution >= 0.6 is 39.9 Å². The van der Waals surface area contributed by atoms with Gasteiger partial charge in [0.25, 0.3) is 0 Å². The van der Waals surface area contributed by atoms with Crippen LogP contribution in [-0.2, 0) is 6.42 Å². The van der Waals surface area contributed by atoms with Crippen molar-refractivity contribution in [2.45, 2.75) is 32.1 Å². The lowest BCUT2D eigenvalue weighted by Crippen LogP contribution is -2.40. The quantitative estimate of drug-likeness (QED) is 0.301. The molecule has 1 saturated heterocycles. The Hall–Kier alpha value is -0.500. The van der Waals surface area contributed by atoms with Crippen molar-refractivity contribution in [2.24, 2.45) is 10.7 Å². The Kier molecular flexibility index (Phi) is 9.16. The summed E-state index contributed by atoms with van der Waals surface area (Å²) in [6, 6.07) is 6.14. The Balaban J connectivity index is 0.00000242. The maximum absolute atomic E-state index is 6.05. The van der Waals surface area contributed by atoms with Gasteiger partial charge in [-0.3, -0.25) is 4.99 Å². The van der Waals surface area contributed by atoms with E-state index in [-0.39, 0.29) is 24.0 Å². The number of halogens is 2. The summed E-state index contributed by atoms with van der Waals surface area (Å²) in [5.74, 6) is 1.63. The largest absolute Gasteiger partial charge is 0.496 e. The Morgan fingerprint density at radius 1 is 1.32 bits per heavy atom. The van der Waals surface area contributed by atoms with Gasteiger partial charge in [-0.1, -0.05) is 22.0 Å². The van der Waals surface area contributed by atoms with E-state index in [2.05, 4.69) is 31.9 Å². The van der Waals surface area contributed by atoms with Crippen molar-refractivity contribution in [2.75, 3.05) is 26.7 Å². The molecule has 0 bridgehead atoms. The molecule has 1 aromatic rings. The lowest BCUT2D eigenvalue weighted by atomic mass is 10.1. The summed E-state index contributed by atoms with van der Waals surface area (Å²) in [5.41, 5.74) is 7.26. The predicted octanol–water partition coefficient (Wildman–Crippen LogP) is 3.81. The topological polar surface area (TPSA) is 50.9 Å². The molecular formula is C16H25BrIN3O. The molecule has 2 rings (SSSR count). The highest BCUT2D eigenvalue weighted by atomic mass is 127. The third-order valence-corrected chi connectivity index (χ3v) is 4.30. The molecule has 0 aliphatic carbocycles. The third-order valence-electron chi connectivity index (χ3n) is 3.81. The van der Waals surface area contributed by atoms with Gasteiger partial charge in [0.2, 0.25) is 0 Å². The number of hydrogen-bond donors (Lipinski definition) is 1. The first-order valence-corrected chi connectivity index (χ1v) is 8.37. The third kappa shape index (κ3) is 5.95. The van der Waals surface area contributed by atoms with Crippen LogP contribution in [-0.4, -0.2) is 37.6 Å². The summed E-state index contributed by atoms with van der Waals surface area (Å²) >= 11 is 3.46. The molecule has 0 spiro atoms. The second-order valence-corrected chi connectivity index (χ2v) is 6.26. The number of guanidine groups is 1. The SMILES string of the molecule is COc1cc(Br)ccc1CCCN=C(N)N1CCCCC1.I. The number of aliphatic imine (C=N–C) groups is 1. The molecule has 6 heteroatoms. The first-order chi connectivity index (χ1) is 10.2. The molecule has 0 amide bonds. The van der Waals surface area contributed by atoms with E-state index in [1.165, 1.54) is 24.8 Å². The second-order valence-electron chi connectivity index (χ2n) is 5.35. The molecule has 0 radical (unpaired) electrons. The van der Waals surface area contributed by atoms with Crippen LogP contribution in [0.4, 0.5) is 0 Å². The minimum absolute atomic E-state index is 0. The van der Waals surface area contributed by atoms with E-state index in [1.807, 2.05) is 12.1 Å². The molecular weight excluding hydrogens is 457 g/mol. The molecule has 0 unspecified atom stereocenters. The molecule has 22 heavy (non-hydrogen) atoms. The molecule has 1 aromatic carbocycles.